The second-order valence-electron chi connectivity index (χ2n) is 5.95. The molecule has 0 unspecified atom stereocenters. The summed E-state index contributed by atoms with van der Waals surface area (Å²) in [5.41, 5.74) is 3.40. The lowest BCUT2D eigenvalue weighted by Gasteiger charge is -2.05. The van der Waals surface area contributed by atoms with E-state index in [4.69, 9.17) is 0 Å². The molecule has 28 heavy (non-hydrogen) atoms. The van der Waals surface area contributed by atoms with Crippen LogP contribution >= 0.6 is 0 Å². The van der Waals surface area contributed by atoms with Crippen LogP contribution in [0.25, 0.3) is 0 Å². The van der Waals surface area contributed by atoms with Crippen LogP contribution in [0.15, 0.2) is 47.6 Å². The van der Waals surface area contributed by atoms with E-state index in [0.29, 0.717) is 5.69 Å². The van der Waals surface area contributed by atoms with Crippen molar-refractivity contribution in [1.29, 1.82) is 0 Å². The molecule has 0 atom stereocenters. The predicted molar refractivity (Wildman–Crippen MR) is 104 cm³/mol. The molecule has 146 valence electrons. The Bertz CT molecular complexity index is 894. The zero-order valence-corrected chi connectivity index (χ0v) is 15.2. The van der Waals surface area contributed by atoms with Gasteiger partial charge in [0.15, 0.2) is 0 Å². The zero-order chi connectivity index (χ0) is 20.5. The molecule has 9 nitrogen and oxygen atoms in total. The van der Waals surface area contributed by atoms with Gasteiger partial charge in [-0.15, -0.1) is 0 Å². The summed E-state index contributed by atoms with van der Waals surface area (Å²) < 4.78 is 0. The number of amides is 2. The number of anilines is 1. The summed E-state index contributed by atoms with van der Waals surface area (Å²) in [6.07, 6.45) is 4.12. The van der Waals surface area contributed by atoms with Gasteiger partial charge in [-0.05, 0) is 36.6 Å². The number of carbonyl (C=O) groups is 2. The minimum atomic E-state index is -1.02. The van der Waals surface area contributed by atoms with Crippen molar-refractivity contribution in [2.75, 3.05) is 5.32 Å². The number of nitro groups is 1. The highest BCUT2D eigenvalue weighted by Gasteiger charge is 2.13. The Morgan fingerprint density at radius 2 is 1.89 bits per heavy atom. The quantitative estimate of drug-likeness (QED) is 0.292. The van der Waals surface area contributed by atoms with Crippen LogP contribution in [0.3, 0.4) is 0 Å². The number of nitrogens with one attached hydrogen (secondary N) is 2. The third-order valence-corrected chi connectivity index (χ3v) is 3.83. The van der Waals surface area contributed by atoms with Gasteiger partial charge in [-0.1, -0.05) is 25.5 Å². The van der Waals surface area contributed by atoms with Gasteiger partial charge >= 0.3 is 11.8 Å². The van der Waals surface area contributed by atoms with Gasteiger partial charge in [0.2, 0.25) is 0 Å². The van der Waals surface area contributed by atoms with Gasteiger partial charge < -0.3 is 10.4 Å². The molecule has 3 N–H and O–H groups in total. The lowest BCUT2D eigenvalue weighted by molar-refractivity contribution is -0.384. The summed E-state index contributed by atoms with van der Waals surface area (Å²) in [6.45, 7) is 2.11. The first-order valence-electron chi connectivity index (χ1n) is 8.61. The molecule has 2 rings (SSSR count). The van der Waals surface area contributed by atoms with Crippen molar-refractivity contribution in [2.45, 2.75) is 26.2 Å². The van der Waals surface area contributed by atoms with E-state index in [1.807, 2.05) is 17.6 Å². The molecular formula is C19H20N4O5. The van der Waals surface area contributed by atoms with E-state index < -0.39 is 16.7 Å². The molecule has 2 aromatic rings. The number of phenolic OH excluding ortho intramolecular Hbond substituents is 1. The average molecular weight is 384 g/mol. The topological polar surface area (TPSA) is 134 Å². The first kappa shape index (κ1) is 20.6. The normalized spacial score (nSPS) is 10.6. The second-order valence-corrected chi connectivity index (χ2v) is 5.95. The minimum absolute atomic E-state index is 0.0255. The fourth-order valence-electron chi connectivity index (χ4n) is 2.29. The zero-order valence-electron chi connectivity index (χ0n) is 15.2. The number of rotatable bonds is 7. The summed E-state index contributed by atoms with van der Waals surface area (Å²) in [6, 6.07) is 10.5. The third kappa shape index (κ3) is 5.90. The molecule has 2 amide bonds. The molecule has 0 saturated heterocycles. The largest absolute Gasteiger partial charge is 0.507 e. The first-order chi connectivity index (χ1) is 13.4. The summed E-state index contributed by atoms with van der Waals surface area (Å²) in [5.74, 6) is -2.19. The Kier molecular flexibility index (Phi) is 7.21. The van der Waals surface area contributed by atoms with Crippen LogP contribution < -0.4 is 10.7 Å². The number of unbranched alkanes of at least 4 members (excludes halogenated alkanes) is 1. The Balaban J connectivity index is 1.92. The van der Waals surface area contributed by atoms with E-state index in [0.717, 1.165) is 49.2 Å². The lowest BCUT2D eigenvalue weighted by Crippen LogP contribution is -2.32. The fraction of sp³-hybridized carbons (Fsp3) is 0.211. The molecule has 0 saturated carbocycles. The Hall–Kier alpha value is -3.75. The third-order valence-electron chi connectivity index (χ3n) is 3.83. The molecule has 0 aromatic heterocycles. The van der Waals surface area contributed by atoms with Gasteiger partial charge in [-0.3, -0.25) is 19.7 Å². The van der Waals surface area contributed by atoms with Gasteiger partial charge in [-0.25, -0.2) is 5.43 Å². The van der Waals surface area contributed by atoms with Crippen molar-refractivity contribution in [3.05, 3.63) is 63.7 Å². The number of nitro benzene ring substituents is 1. The van der Waals surface area contributed by atoms with Crippen molar-refractivity contribution in [2.24, 2.45) is 5.10 Å². The highest BCUT2D eigenvalue weighted by molar-refractivity contribution is 6.39. The molecule has 0 radical (unpaired) electrons. The highest BCUT2D eigenvalue weighted by Crippen LogP contribution is 2.21. The van der Waals surface area contributed by atoms with Gasteiger partial charge in [0.05, 0.1) is 11.1 Å². The number of hydrogen-bond donors (Lipinski definition) is 3. The molecule has 9 heteroatoms. The van der Waals surface area contributed by atoms with E-state index in [-0.39, 0.29) is 17.0 Å². The number of hydrogen-bond acceptors (Lipinski definition) is 6. The van der Waals surface area contributed by atoms with Gasteiger partial charge in [-0.2, -0.15) is 5.10 Å². The summed E-state index contributed by atoms with van der Waals surface area (Å²) in [7, 11) is 0. The molecule has 0 aliphatic carbocycles. The first-order valence-corrected chi connectivity index (χ1v) is 8.61. The van der Waals surface area contributed by atoms with E-state index in [9.17, 15) is 24.8 Å². The van der Waals surface area contributed by atoms with Gasteiger partial charge in [0.1, 0.15) is 5.75 Å². The summed E-state index contributed by atoms with van der Waals surface area (Å²) >= 11 is 0. The van der Waals surface area contributed by atoms with Crippen molar-refractivity contribution >= 4 is 29.4 Å². The van der Waals surface area contributed by atoms with Crippen LogP contribution in [0.5, 0.6) is 5.75 Å². The SMILES string of the molecule is CCCCc1ccc(NC(=O)C(=O)N/N=C/c2cc([N+](=O)[O-])ccc2O)cc1. The molecule has 0 fully saturated rings. The van der Waals surface area contributed by atoms with Crippen LogP contribution in [0, 0.1) is 10.1 Å². The minimum Gasteiger partial charge on any atom is -0.507 e. The van der Waals surface area contributed by atoms with Crippen molar-refractivity contribution < 1.29 is 19.6 Å². The number of benzene rings is 2. The van der Waals surface area contributed by atoms with E-state index >= 15 is 0 Å². The van der Waals surface area contributed by atoms with E-state index in [1.165, 1.54) is 0 Å². The number of carbonyl (C=O) groups excluding carboxylic acids is 2. The van der Waals surface area contributed by atoms with Crippen LogP contribution in [0.4, 0.5) is 11.4 Å². The Morgan fingerprint density at radius 1 is 1.18 bits per heavy atom. The Morgan fingerprint density at radius 3 is 2.54 bits per heavy atom. The maximum atomic E-state index is 11.9. The summed E-state index contributed by atoms with van der Waals surface area (Å²) in [5, 5.41) is 26.4. The maximum Gasteiger partial charge on any atom is 0.329 e. The number of non-ortho nitro benzene ring substituents is 1. The van der Waals surface area contributed by atoms with E-state index in [2.05, 4.69) is 17.3 Å². The monoisotopic (exact) mass is 384 g/mol. The van der Waals surface area contributed by atoms with Crippen molar-refractivity contribution in [3.63, 3.8) is 0 Å². The van der Waals surface area contributed by atoms with Crippen molar-refractivity contribution in [1.82, 2.24) is 5.43 Å². The number of phenols is 1. The Labute approximate surface area is 161 Å². The predicted octanol–water partition coefficient (Wildman–Crippen LogP) is 2.73. The number of aryl methyl sites for hydroxylation is 1. The van der Waals surface area contributed by atoms with Gasteiger partial charge in [0.25, 0.3) is 5.69 Å². The van der Waals surface area contributed by atoms with Crippen LogP contribution in [0.1, 0.15) is 30.9 Å². The van der Waals surface area contributed by atoms with Crippen molar-refractivity contribution in [3.8, 4) is 5.75 Å². The molecule has 0 spiro atoms. The number of nitrogens with zero attached hydrogens (tertiary/aromatic N) is 2. The van der Waals surface area contributed by atoms with E-state index in [1.54, 1.807) is 12.1 Å². The molecular weight excluding hydrogens is 364 g/mol. The number of aromatic hydroxyl groups is 1. The molecule has 0 aliphatic heterocycles. The standard InChI is InChI=1S/C19H20N4O5/c1-2-3-4-13-5-7-15(8-6-13)21-18(25)19(26)22-20-12-14-11-16(23(27)28)9-10-17(14)24/h5-12,24H,2-4H2,1H3,(H,21,25)(H,22,26)/b20-12+. The van der Waals surface area contributed by atoms with Crippen LogP contribution in [-0.4, -0.2) is 28.1 Å². The average Bonchev–Trinajstić information content (AvgIpc) is 2.68. The van der Waals surface area contributed by atoms with Crippen LogP contribution in [0.2, 0.25) is 0 Å². The number of hydrazone groups is 1. The smallest absolute Gasteiger partial charge is 0.329 e. The van der Waals surface area contributed by atoms with Gasteiger partial charge in [0, 0.05) is 23.4 Å². The lowest BCUT2D eigenvalue weighted by atomic mass is 10.1. The van der Waals surface area contributed by atoms with Crippen LogP contribution in [-0.2, 0) is 16.0 Å². The molecule has 2 aromatic carbocycles. The molecule has 0 bridgehead atoms. The highest BCUT2D eigenvalue weighted by atomic mass is 16.6. The molecule has 0 heterocycles. The summed E-state index contributed by atoms with van der Waals surface area (Å²) in [4.78, 5) is 33.8. The maximum absolute atomic E-state index is 11.9. The second kappa shape index (κ2) is 9.81. The molecule has 0 aliphatic rings. The fourth-order valence-corrected chi connectivity index (χ4v) is 2.29.